The minimum Gasteiger partial charge on any atom is -0.493 e. The number of methoxy groups -OCH3 is 2. The van der Waals surface area contributed by atoms with Crippen molar-refractivity contribution in [2.24, 2.45) is 16.8 Å². The molecular formula is C20H34IN3O2. The highest BCUT2D eigenvalue weighted by molar-refractivity contribution is 14.0. The fourth-order valence-electron chi connectivity index (χ4n) is 3.59. The van der Waals surface area contributed by atoms with Crippen LogP contribution in [-0.4, -0.2) is 51.3 Å². The van der Waals surface area contributed by atoms with Crippen LogP contribution >= 0.6 is 24.0 Å². The third-order valence-corrected chi connectivity index (χ3v) is 4.61. The number of benzene rings is 1. The second-order valence-electron chi connectivity index (χ2n) is 7.03. The number of hydrogen-bond acceptors (Lipinski definition) is 3. The van der Waals surface area contributed by atoms with Gasteiger partial charge in [-0.2, -0.15) is 0 Å². The zero-order valence-electron chi connectivity index (χ0n) is 16.7. The third-order valence-electron chi connectivity index (χ3n) is 4.61. The number of ether oxygens (including phenoxy) is 2. The van der Waals surface area contributed by atoms with Crippen LogP contribution in [0.5, 0.6) is 11.5 Å². The molecule has 26 heavy (non-hydrogen) atoms. The van der Waals surface area contributed by atoms with E-state index in [1.165, 1.54) is 12.0 Å². The molecule has 0 saturated carbocycles. The van der Waals surface area contributed by atoms with E-state index in [0.29, 0.717) is 0 Å². The molecule has 0 bridgehead atoms. The minimum absolute atomic E-state index is 0. The minimum atomic E-state index is 0. The maximum atomic E-state index is 5.38. The normalized spacial score (nSPS) is 20.3. The van der Waals surface area contributed by atoms with E-state index in [9.17, 15) is 0 Å². The Labute approximate surface area is 175 Å². The second-order valence-corrected chi connectivity index (χ2v) is 7.03. The second kappa shape index (κ2) is 11.5. The number of aliphatic imine (C=N–C) groups is 1. The van der Waals surface area contributed by atoms with Crippen LogP contribution in [0.4, 0.5) is 0 Å². The van der Waals surface area contributed by atoms with Gasteiger partial charge in [0.05, 0.1) is 14.2 Å². The summed E-state index contributed by atoms with van der Waals surface area (Å²) < 4.78 is 10.7. The van der Waals surface area contributed by atoms with Crippen molar-refractivity contribution >= 4 is 29.9 Å². The molecular weight excluding hydrogens is 441 g/mol. The monoisotopic (exact) mass is 475 g/mol. The van der Waals surface area contributed by atoms with Crippen molar-refractivity contribution in [2.75, 3.05) is 40.4 Å². The van der Waals surface area contributed by atoms with E-state index >= 15 is 0 Å². The van der Waals surface area contributed by atoms with Gasteiger partial charge in [-0.25, -0.2) is 0 Å². The van der Waals surface area contributed by atoms with Crippen molar-refractivity contribution in [3.05, 3.63) is 23.8 Å². The number of nitrogens with one attached hydrogen (secondary N) is 1. The molecule has 148 valence electrons. The molecule has 2 unspecified atom stereocenters. The van der Waals surface area contributed by atoms with E-state index in [2.05, 4.69) is 37.1 Å². The maximum Gasteiger partial charge on any atom is 0.193 e. The van der Waals surface area contributed by atoms with Crippen LogP contribution in [0, 0.1) is 11.8 Å². The molecule has 0 radical (unpaired) electrons. The molecule has 1 heterocycles. The zero-order valence-corrected chi connectivity index (χ0v) is 19.1. The first kappa shape index (κ1) is 22.9. The van der Waals surface area contributed by atoms with E-state index in [1.807, 2.05) is 12.1 Å². The van der Waals surface area contributed by atoms with E-state index < -0.39 is 0 Å². The average molecular weight is 475 g/mol. The molecule has 2 atom stereocenters. The van der Waals surface area contributed by atoms with Gasteiger partial charge in [0, 0.05) is 26.2 Å². The quantitative estimate of drug-likeness (QED) is 0.386. The molecule has 0 amide bonds. The van der Waals surface area contributed by atoms with Gasteiger partial charge in [0.1, 0.15) is 0 Å². The number of guanidine groups is 1. The molecule has 2 rings (SSSR count). The van der Waals surface area contributed by atoms with E-state index in [-0.39, 0.29) is 24.0 Å². The lowest BCUT2D eigenvalue weighted by Crippen LogP contribution is -2.48. The Balaban J connectivity index is 0.00000338. The fraction of sp³-hybridized carbons (Fsp3) is 0.650. The number of halogens is 1. The standard InChI is InChI=1S/C20H33N3O2.HI/c1-6-21-20(23-13-15(2)11-16(3)14-23)22-10-9-17-7-8-18(24-4)19(12-17)25-5;/h7-8,12,15-16H,6,9-11,13-14H2,1-5H3,(H,21,22);1H. The van der Waals surface area contributed by atoms with Crippen LogP contribution in [0.1, 0.15) is 32.8 Å². The Hall–Kier alpha value is -1.18. The zero-order chi connectivity index (χ0) is 18.2. The molecule has 1 aromatic carbocycles. The van der Waals surface area contributed by atoms with Crippen molar-refractivity contribution in [2.45, 2.75) is 33.6 Å². The molecule has 1 aromatic rings. The summed E-state index contributed by atoms with van der Waals surface area (Å²) in [5.41, 5.74) is 1.21. The van der Waals surface area contributed by atoms with E-state index in [1.54, 1.807) is 14.2 Å². The van der Waals surface area contributed by atoms with Crippen LogP contribution in [0.3, 0.4) is 0 Å². The van der Waals surface area contributed by atoms with Crippen LogP contribution < -0.4 is 14.8 Å². The van der Waals surface area contributed by atoms with Gasteiger partial charge in [0.2, 0.25) is 0 Å². The Morgan fingerprint density at radius 2 is 1.81 bits per heavy atom. The maximum absolute atomic E-state index is 5.38. The molecule has 5 nitrogen and oxygen atoms in total. The van der Waals surface area contributed by atoms with Gasteiger partial charge in [-0.15, -0.1) is 24.0 Å². The molecule has 1 aliphatic rings. The Morgan fingerprint density at radius 1 is 1.15 bits per heavy atom. The first-order valence-electron chi connectivity index (χ1n) is 9.31. The number of rotatable bonds is 6. The Bertz CT molecular complexity index is 570. The summed E-state index contributed by atoms with van der Waals surface area (Å²) in [5.74, 6) is 4.02. The highest BCUT2D eigenvalue weighted by atomic mass is 127. The highest BCUT2D eigenvalue weighted by Crippen LogP contribution is 2.27. The Morgan fingerprint density at radius 3 is 2.38 bits per heavy atom. The number of piperidine rings is 1. The number of nitrogens with zero attached hydrogens (tertiary/aromatic N) is 2. The molecule has 6 heteroatoms. The van der Waals surface area contributed by atoms with Crippen molar-refractivity contribution in [1.29, 1.82) is 0 Å². The van der Waals surface area contributed by atoms with Gasteiger partial charge in [0.25, 0.3) is 0 Å². The van der Waals surface area contributed by atoms with Crippen molar-refractivity contribution in [3.8, 4) is 11.5 Å². The Kier molecular flexibility index (Phi) is 10.1. The third kappa shape index (κ3) is 6.52. The van der Waals surface area contributed by atoms with E-state index in [0.717, 1.165) is 61.9 Å². The summed E-state index contributed by atoms with van der Waals surface area (Å²) in [5, 5.41) is 3.45. The molecule has 1 saturated heterocycles. The number of hydrogen-bond donors (Lipinski definition) is 1. The summed E-state index contributed by atoms with van der Waals surface area (Å²) in [6, 6.07) is 6.07. The largest absolute Gasteiger partial charge is 0.493 e. The van der Waals surface area contributed by atoms with Gasteiger partial charge in [-0.3, -0.25) is 4.99 Å². The van der Waals surface area contributed by atoms with Gasteiger partial charge < -0.3 is 19.7 Å². The molecule has 1 fully saturated rings. The van der Waals surface area contributed by atoms with Crippen LogP contribution in [0.15, 0.2) is 23.2 Å². The summed E-state index contributed by atoms with van der Waals surface area (Å²) in [6.45, 7) is 10.6. The van der Waals surface area contributed by atoms with E-state index in [4.69, 9.17) is 14.5 Å². The van der Waals surface area contributed by atoms with Gasteiger partial charge >= 0.3 is 0 Å². The molecule has 0 aromatic heterocycles. The summed E-state index contributed by atoms with van der Waals surface area (Å²) in [4.78, 5) is 7.27. The fourth-order valence-corrected chi connectivity index (χ4v) is 3.59. The van der Waals surface area contributed by atoms with Gasteiger partial charge in [-0.1, -0.05) is 19.9 Å². The topological polar surface area (TPSA) is 46.1 Å². The molecule has 0 spiro atoms. The van der Waals surface area contributed by atoms with Crippen LogP contribution in [-0.2, 0) is 6.42 Å². The summed E-state index contributed by atoms with van der Waals surface area (Å²) in [6.07, 6.45) is 2.19. The molecule has 0 aliphatic carbocycles. The van der Waals surface area contributed by atoms with Crippen molar-refractivity contribution in [3.63, 3.8) is 0 Å². The van der Waals surface area contributed by atoms with Crippen molar-refractivity contribution < 1.29 is 9.47 Å². The smallest absolute Gasteiger partial charge is 0.193 e. The van der Waals surface area contributed by atoms with Gasteiger partial charge in [-0.05, 0) is 49.3 Å². The first-order chi connectivity index (χ1) is 12.1. The lowest BCUT2D eigenvalue weighted by atomic mass is 9.92. The average Bonchev–Trinajstić information content (AvgIpc) is 2.60. The van der Waals surface area contributed by atoms with Crippen molar-refractivity contribution in [1.82, 2.24) is 10.2 Å². The molecule has 1 N–H and O–H groups in total. The van der Waals surface area contributed by atoms with Crippen LogP contribution in [0.25, 0.3) is 0 Å². The lowest BCUT2D eigenvalue weighted by molar-refractivity contribution is 0.208. The van der Waals surface area contributed by atoms with Gasteiger partial charge in [0.15, 0.2) is 17.5 Å². The summed E-state index contributed by atoms with van der Waals surface area (Å²) in [7, 11) is 3.33. The highest BCUT2D eigenvalue weighted by Gasteiger charge is 2.23. The predicted molar refractivity (Wildman–Crippen MR) is 119 cm³/mol. The first-order valence-corrected chi connectivity index (χ1v) is 9.31. The lowest BCUT2D eigenvalue weighted by Gasteiger charge is -2.37. The SMILES string of the molecule is CCNC(=NCCc1ccc(OC)c(OC)c1)N1CC(C)CC(C)C1.I. The molecule has 1 aliphatic heterocycles. The number of likely N-dealkylation sites (tertiary alicyclic amines) is 1. The summed E-state index contributed by atoms with van der Waals surface area (Å²) >= 11 is 0. The van der Waals surface area contributed by atoms with Crippen LogP contribution in [0.2, 0.25) is 0 Å². The predicted octanol–water partition coefficient (Wildman–Crippen LogP) is 3.81.